The van der Waals surface area contributed by atoms with E-state index in [1.165, 1.54) is 15.7 Å². The first-order valence-corrected chi connectivity index (χ1v) is 8.93. The lowest BCUT2D eigenvalue weighted by atomic mass is 10.1. The van der Waals surface area contributed by atoms with E-state index in [0.717, 1.165) is 5.56 Å². The number of anilines is 1. The molecule has 0 amide bonds. The Hall–Kier alpha value is -1.64. The lowest BCUT2D eigenvalue weighted by Crippen LogP contribution is -2.43. The van der Waals surface area contributed by atoms with Crippen molar-refractivity contribution in [3.63, 3.8) is 0 Å². The van der Waals surface area contributed by atoms with Crippen molar-refractivity contribution in [3.8, 4) is 0 Å². The van der Waals surface area contributed by atoms with Gasteiger partial charge < -0.3 is 9.84 Å². The van der Waals surface area contributed by atoms with Crippen LogP contribution in [0.2, 0.25) is 0 Å². The molecule has 0 aromatic heterocycles. The minimum Gasteiger partial charge on any atom is -0.481 e. The molecule has 1 fully saturated rings. The Labute approximate surface area is 136 Å². The largest absolute Gasteiger partial charge is 0.481 e. The van der Waals surface area contributed by atoms with E-state index in [1.54, 1.807) is 24.3 Å². The van der Waals surface area contributed by atoms with Crippen LogP contribution in [0.3, 0.4) is 0 Å². The smallest absolute Gasteiger partial charge is 0.303 e. The Morgan fingerprint density at radius 2 is 2.13 bits per heavy atom. The molecule has 1 heterocycles. The second kappa shape index (κ2) is 7.76. The Kier molecular flexibility index (Phi) is 5.97. The summed E-state index contributed by atoms with van der Waals surface area (Å²) in [5.41, 5.74) is 1.32. The molecule has 0 atom stereocenters. The molecule has 0 bridgehead atoms. The average molecular weight is 342 g/mol. The van der Waals surface area contributed by atoms with Crippen molar-refractivity contribution in [2.75, 3.05) is 37.7 Å². The highest BCUT2D eigenvalue weighted by molar-refractivity contribution is 7.90. The molecule has 8 heteroatoms. The number of hydrogen-bond acceptors (Lipinski definition) is 4. The topological polar surface area (TPSA) is 87.2 Å². The van der Waals surface area contributed by atoms with Crippen LogP contribution in [0.5, 0.6) is 0 Å². The molecule has 2 rings (SSSR count). The van der Waals surface area contributed by atoms with Crippen LogP contribution in [0.4, 0.5) is 5.69 Å². The van der Waals surface area contributed by atoms with Gasteiger partial charge in [-0.3, -0.25) is 9.10 Å². The Bertz CT molecular complexity index is 639. The van der Waals surface area contributed by atoms with Crippen LogP contribution in [0.1, 0.15) is 18.4 Å². The third-order valence-corrected chi connectivity index (χ3v) is 5.68. The molecule has 0 saturated carbocycles. The lowest BCUT2D eigenvalue weighted by Gasteiger charge is -2.27. The third kappa shape index (κ3) is 4.66. The summed E-state index contributed by atoms with van der Waals surface area (Å²) >= 11 is 0. The predicted octanol–water partition coefficient (Wildman–Crippen LogP) is 1.11. The van der Waals surface area contributed by atoms with Crippen molar-refractivity contribution in [3.05, 3.63) is 29.8 Å². The molecular formula is C15H22N2O5S. The van der Waals surface area contributed by atoms with Gasteiger partial charge in [0.15, 0.2) is 0 Å². The third-order valence-electron chi connectivity index (χ3n) is 3.76. The van der Waals surface area contributed by atoms with Gasteiger partial charge in [0, 0.05) is 33.2 Å². The molecule has 128 valence electrons. The summed E-state index contributed by atoms with van der Waals surface area (Å²) < 4.78 is 33.4. The van der Waals surface area contributed by atoms with Gasteiger partial charge in [-0.2, -0.15) is 12.7 Å². The molecule has 1 aromatic rings. The molecule has 1 aliphatic heterocycles. The Morgan fingerprint density at radius 3 is 2.87 bits per heavy atom. The molecule has 0 unspecified atom stereocenters. The maximum Gasteiger partial charge on any atom is 0.303 e. The van der Waals surface area contributed by atoms with E-state index >= 15 is 0 Å². The van der Waals surface area contributed by atoms with E-state index in [0.29, 0.717) is 44.8 Å². The second-order valence-electron chi connectivity index (χ2n) is 5.40. The normalized spacial score (nSPS) is 16.7. The van der Waals surface area contributed by atoms with Gasteiger partial charge in [-0.15, -0.1) is 0 Å². The first-order chi connectivity index (χ1) is 10.9. The number of carboxylic acid groups (broad SMARTS) is 1. The van der Waals surface area contributed by atoms with Crippen molar-refractivity contribution in [1.29, 1.82) is 0 Å². The van der Waals surface area contributed by atoms with Gasteiger partial charge in [0.2, 0.25) is 0 Å². The second-order valence-corrected chi connectivity index (χ2v) is 7.36. The van der Waals surface area contributed by atoms with Crippen LogP contribution >= 0.6 is 0 Å². The molecule has 1 N–H and O–H groups in total. The number of carboxylic acids is 1. The van der Waals surface area contributed by atoms with Crippen molar-refractivity contribution < 1.29 is 23.1 Å². The minimum atomic E-state index is -3.62. The van der Waals surface area contributed by atoms with Crippen LogP contribution in [0, 0.1) is 0 Å². The van der Waals surface area contributed by atoms with Gasteiger partial charge in [0.05, 0.1) is 12.3 Å². The van der Waals surface area contributed by atoms with Crippen LogP contribution in [-0.2, 0) is 26.2 Å². The van der Waals surface area contributed by atoms with Crippen molar-refractivity contribution in [2.24, 2.45) is 0 Å². The van der Waals surface area contributed by atoms with Gasteiger partial charge in [-0.25, -0.2) is 0 Å². The van der Waals surface area contributed by atoms with Gasteiger partial charge in [0.25, 0.3) is 0 Å². The van der Waals surface area contributed by atoms with E-state index < -0.39 is 16.2 Å². The highest BCUT2D eigenvalue weighted by Gasteiger charge is 2.28. The van der Waals surface area contributed by atoms with E-state index in [4.69, 9.17) is 9.84 Å². The van der Waals surface area contributed by atoms with E-state index in [1.807, 2.05) is 0 Å². The maximum absolute atomic E-state index is 12.7. The number of aryl methyl sites for hydroxylation is 1. The molecule has 0 aliphatic carbocycles. The standard InChI is InChI=1S/C15H22N2O5S/c1-16(23(20,21)17-8-3-10-22-11-9-17)14-5-2-4-13(12-14)6-7-15(18)19/h2,4-5,12H,3,6-11H2,1H3,(H,18,19). The van der Waals surface area contributed by atoms with E-state index in [9.17, 15) is 13.2 Å². The lowest BCUT2D eigenvalue weighted by molar-refractivity contribution is -0.136. The Morgan fingerprint density at radius 1 is 1.35 bits per heavy atom. The number of rotatable bonds is 6. The van der Waals surface area contributed by atoms with E-state index in [2.05, 4.69) is 0 Å². The molecule has 1 saturated heterocycles. The molecule has 1 aliphatic rings. The summed E-state index contributed by atoms with van der Waals surface area (Å²) in [6, 6.07) is 6.96. The fourth-order valence-corrected chi connectivity index (χ4v) is 3.81. The zero-order chi connectivity index (χ0) is 16.9. The van der Waals surface area contributed by atoms with Crippen LogP contribution in [0.25, 0.3) is 0 Å². The van der Waals surface area contributed by atoms with Crippen molar-refractivity contribution in [2.45, 2.75) is 19.3 Å². The maximum atomic E-state index is 12.7. The van der Waals surface area contributed by atoms with Crippen molar-refractivity contribution >= 4 is 21.9 Å². The minimum absolute atomic E-state index is 0.0172. The molecule has 23 heavy (non-hydrogen) atoms. The monoisotopic (exact) mass is 342 g/mol. The summed E-state index contributed by atoms with van der Waals surface area (Å²) in [5.74, 6) is -0.874. The SMILES string of the molecule is CN(c1cccc(CCC(=O)O)c1)S(=O)(=O)N1CCCOCC1. The van der Waals surface area contributed by atoms with Crippen molar-refractivity contribution in [1.82, 2.24) is 4.31 Å². The van der Waals surface area contributed by atoms with Crippen LogP contribution in [0.15, 0.2) is 24.3 Å². The average Bonchev–Trinajstić information content (AvgIpc) is 2.82. The zero-order valence-corrected chi connectivity index (χ0v) is 14.0. The molecular weight excluding hydrogens is 320 g/mol. The van der Waals surface area contributed by atoms with Crippen LogP contribution in [-0.4, -0.2) is 57.1 Å². The molecule has 1 aromatic carbocycles. The number of hydrogen-bond donors (Lipinski definition) is 1. The predicted molar refractivity (Wildman–Crippen MR) is 86.7 cm³/mol. The number of carbonyl (C=O) groups is 1. The summed E-state index contributed by atoms with van der Waals surface area (Å²) in [6.07, 6.45) is 1.06. The fraction of sp³-hybridized carbons (Fsp3) is 0.533. The molecule has 7 nitrogen and oxygen atoms in total. The first kappa shape index (κ1) is 17.7. The molecule has 0 radical (unpaired) electrons. The quantitative estimate of drug-likeness (QED) is 0.837. The zero-order valence-electron chi connectivity index (χ0n) is 13.1. The van der Waals surface area contributed by atoms with Gasteiger partial charge >= 0.3 is 16.2 Å². The number of nitrogens with zero attached hydrogens (tertiary/aromatic N) is 2. The van der Waals surface area contributed by atoms with Crippen LogP contribution < -0.4 is 4.31 Å². The van der Waals surface area contributed by atoms with Gasteiger partial charge in [-0.1, -0.05) is 12.1 Å². The fourth-order valence-electron chi connectivity index (χ4n) is 2.42. The Balaban J connectivity index is 2.16. The number of aliphatic carboxylic acids is 1. The first-order valence-electron chi connectivity index (χ1n) is 7.54. The molecule has 0 spiro atoms. The number of ether oxygens (including phenoxy) is 1. The number of benzene rings is 1. The van der Waals surface area contributed by atoms with Gasteiger partial charge in [-0.05, 0) is 30.5 Å². The summed E-state index contributed by atoms with van der Waals surface area (Å²) in [7, 11) is -2.10. The summed E-state index contributed by atoms with van der Waals surface area (Å²) in [4.78, 5) is 10.7. The van der Waals surface area contributed by atoms with Gasteiger partial charge in [0.1, 0.15) is 0 Å². The highest BCUT2D eigenvalue weighted by Crippen LogP contribution is 2.21. The highest BCUT2D eigenvalue weighted by atomic mass is 32.2. The van der Waals surface area contributed by atoms with E-state index in [-0.39, 0.29) is 6.42 Å². The summed E-state index contributed by atoms with van der Waals surface area (Å²) in [6.45, 7) is 1.74. The summed E-state index contributed by atoms with van der Waals surface area (Å²) in [5, 5.41) is 8.75.